The molecule has 1 N–H and O–H groups in total. The number of alkyl halides is 3. The summed E-state index contributed by atoms with van der Waals surface area (Å²) >= 11 is 0. The molecule has 0 radical (unpaired) electrons. The average molecular weight is 404 g/mol. The van der Waals surface area contributed by atoms with Crippen molar-refractivity contribution in [2.45, 2.75) is 83.0 Å². The van der Waals surface area contributed by atoms with E-state index in [9.17, 15) is 27.6 Å². The zero-order chi connectivity index (χ0) is 21.1. The van der Waals surface area contributed by atoms with Gasteiger partial charge < -0.3 is 15.0 Å². The van der Waals surface area contributed by atoms with Gasteiger partial charge in [0.1, 0.15) is 5.57 Å². The van der Waals surface area contributed by atoms with Gasteiger partial charge in [0.25, 0.3) is 5.91 Å². The van der Waals surface area contributed by atoms with Crippen molar-refractivity contribution < 1.29 is 32.3 Å². The van der Waals surface area contributed by atoms with E-state index in [1.54, 1.807) is 6.92 Å². The topological polar surface area (TPSA) is 75.7 Å². The summed E-state index contributed by atoms with van der Waals surface area (Å²) in [6, 6.07) is -0.433. The minimum atomic E-state index is -5.19. The predicted octanol–water partition coefficient (Wildman–Crippen LogP) is 3.22. The third kappa shape index (κ3) is 3.75. The van der Waals surface area contributed by atoms with Gasteiger partial charge >= 0.3 is 12.1 Å². The third-order valence-corrected chi connectivity index (χ3v) is 5.48. The van der Waals surface area contributed by atoms with Crippen LogP contribution in [-0.4, -0.2) is 47.6 Å². The molecular formula is C19H27F3N2O4. The average Bonchev–Trinajstić information content (AvgIpc) is 2.87. The number of nitrogens with zero attached hydrogens (tertiary/aromatic N) is 1. The molecule has 6 nitrogen and oxygen atoms in total. The number of hydrogen-bond acceptors (Lipinski definition) is 4. The van der Waals surface area contributed by atoms with Crippen molar-refractivity contribution >= 4 is 17.8 Å². The highest BCUT2D eigenvalue weighted by Gasteiger charge is 2.71. The SMILES string of the molecule is CCCCC(=O)NC1(C(F)(F)F)C(=O)N(C2CCCCC2)C(C)=C1C(=O)OC. The summed E-state index contributed by atoms with van der Waals surface area (Å²) in [5.74, 6) is -3.51. The van der Waals surface area contributed by atoms with Gasteiger partial charge in [0, 0.05) is 18.2 Å². The number of carbonyl (C=O) groups is 3. The van der Waals surface area contributed by atoms with E-state index in [0.29, 0.717) is 25.7 Å². The summed E-state index contributed by atoms with van der Waals surface area (Å²) in [6.45, 7) is 3.10. The van der Waals surface area contributed by atoms with Crippen molar-refractivity contribution in [2.75, 3.05) is 7.11 Å². The molecular weight excluding hydrogens is 377 g/mol. The monoisotopic (exact) mass is 404 g/mol. The Balaban J connectivity index is 2.58. The maximum absolute atomic E-state index is 14.3. The second-order valence-corrected chi connectivity index (χ2v) is 7.32. The molecule has 2 amide bonds. The zero-order valence-corrected chi connectivity index (χ0v) is 16.4. The zero-order valence-electron chi connectivity index (χ0n) is 16.4. The highest BCUT2D eigenvalue weighted by Crippen LogP contribution is 2.47. The Kier molecular flexibility index (Phi) is 6.77. The van der Waals surface area contributed by atoms with E-state index in [-0.39, 0.29) is 12.1 Å². The Labute approximate surface area is 162 Å². The van der Waals surface area contributed by atoms with E-state index in [4.69, 9.17) is 0 Å². The molecule has 1 heterocycles. The van der Waals surface area contributed by atoms with Gasteiger partial charge in [-0.25, -0.2) is 4.79 Å². The molecule has 9 heteroatoms. The van der Waals surface area contributed by atoms with Gasteiger partial charge in [-0.15, -0.1) is 0 Å². The van der Waals surface area contributed by atoms with Gasteiger partial charge in [-0.1, -0.05) is 32.6 Å². The third-order valence-electron chi connectivity index (χ3n) is 5.48. The number of amides is 2. The fourth-order valence-corrected chi connectivity index (χ4v) is 4.07. The number of nitrogens with one attached hydrogen (secondary N) is 1. The predicted molar refractivity (Wildman–Crippen MR) is 94.9 cm³/mol. The standard InChI is InChI=1S/C19H27F3N2O4/c1-4-5-11-14(25)23-18(19(20,21)22)15(16(26)28-3)12(2)24(17(18)27)13-9-7-6-8-10-13/h13H,4-11H2,1-3H3,(H,23,25). The van der Waals surface area contributed by atoms with Crippen molar-refractivity contribution in [3.8, 4) is 0 Å². The highest BCUT2D eigenvalue weighted by molar-refractivity contribution is 6.10. The summed E-state index contributed by atoms with van der Waals surface area (Å²) in [6.07, 6.45) is -0.759. The Morgan fingerprint density at radius 1 is 1.25 bits per heavy atom. The molecule has 158 valence electrons. The Bertz CT molecular complexity index is 669. The number of carbonyl (C=O) groups excluding carboxylic acids is 3. The second-order valence-electron chi connectivity index (χ2n) is 7.32. The molecule has 0 spiro atoms. The van der Waals surface area contributed by atoms with E-state index in [2.05, 4.69) is 4.74 Å². The van der Waals surface area contributed by atoms with E-state index in [1.165, 1.54) is 6.92 Å². The van der Waals surface area contributed by atoms with Crippen LogP contribution in [0.3, 0.4) is 0 Å². The lowest BCUT2D eigenvalue weighted by Crippen LogP contribution is -2.66. The molecule has 0 saturated heterocycles. The van der Waals surface area contributed by atoms with Crippen LogP contribution in [0.1, 0.15) is 65.2 Å². The first-order chi connectivity index (χ1) is 13.1. The minimum absolute atomic E-state index is 0.100. The second kappa shape index (κ2) is 8.53. The number of esters is 1. The van der Waals surface area contributed by atoms with Crippen LogP contribution in [0.15, 0.2) is 11.3 Å². The Hall–Kier alpha value is -2.06. The van der Waals surface area contributed by atoms with Crippen LogP contribution >= 0.6 is 0 Å². The minimum Gasteiger partial charge on any atom is -0.466 e. The highest BCUT2D eigenvalue weighted by atomic mass is 19.4. The first-order valence-corrected chi connectivity index (χ1v) is 9.62. The molecule has 1 fully saturated rings. The van der Waals surface area contributed by atoms with Crippen LogP contribution in [0.25, 0.3) is 0 Å². The normalized spacial score (nSPS) is 23.9. The van der Waals surface area contributed by atoms with E-state index in [1.807, 2.05) is 5.32 Å². The summed E-state index contributed by atoms with van der Waals surface area (Å²) < 4.78 is 47.5. The van der Waals surface area contributed by atoms with Gasteiger partial charge in [0.2, 0.25) is 11.4 Å². The first kappa shape index (κ1) is 22.2. The Morgan fingerprint density at radius 3 is 2.36 bits per heavy atom. The molecule has 0 aromatic rings. The molecule has 1 unspecified atom stereocenters. The van der Waals surface area contributed by atoms with Crippen LogP contribution in [0.5, 0.6) is 0 Å². The lowest BCUT2D eigenvalue weighted by molar-refractivity contribution is -0.196. The molecule has 2 aliphatic rings. The number of methoxy groups -OCH3 is 1. The van der Waals surface area contributed by atoms with Crippen LogP contribution in [0, 0.1) is 0 Å². The van der Waals surface area contributed by atoms with Crippen LogP contribution in [0.4, 0.5) is 13.2 Å². The number of halogens is 3. The number of hydrogen-bond donors (Lipinski definition) is 1. The van der Waals surface area contributed by atoms with Gasteiger partial charge in [-0.3, -0.25) is 9.59 Å². The molecule has 1 aliphatic carbocycles. The van der Waals surface area contributed by atoms with Crippen molar-refractivity contribution in [2.24, 2.45) is 0 Å². The quantitative estimate of drug-likeness (QED) is 0.690. The smallest absolute Gasteiger partial charge is 0.425 e. The maximum Gasteiger partial charge on any atom is 0.425 e. The molecule has 1 aliphatic heterocycles. The fraction of sp³-hybridized carbons (Fsp3) is 0.737. The van der Waals surface area contributed by atoms with Gasteiger partial charge in [0.15, 0.2) is 0 Å². The Morgan fingerprint density at radius 2 is 1.86 bits per heavy atom. The molecule has 2 rings (SSSR count). The summed E-state index contributed by atoms with van der Waals surface area (Å²) in [7, 11) is 0.955. The largest absolute Gasteiger partial charge is 0.466 e. The van der Waals surface area contributed by atoms with Crippen LogP contribution in [-0.2, 0) is 19.1 Å². The number of unbranched alkanes of at least 4 members (excludes halogenated alkanes) is 1. The van der Waals surface area contributed by atoms with Crippen molar-refractivity contribution in [3.63, 3.8) is 0 Å². The summed E-state index contributed by atoms with van der Waals surface area (Å²) in [5, 5.41) is 1.87. The molecule has 1 atom stereocenters. The summed E-state index contributed by atoms with van der Waals surface area (Å²) in [4.78, 5) is 38.8. The van der Waals surface area contributed by atoms with Crippen LogP contribution < -0.4 is 5.32 Å². The number of allylic oxidation sites excluding steroid dienone is 1. The maximum atomic E-state index is 14.3. The molecule has 1 saturated carbocycles. The molecule has 0 bridgehead atoms. The van der Waals surface area contributed by atoms with Crippen molar-refractivity contribution in [1.29, 1.82) is 0 Å². The van der Waals surface area contributed by atoms with E-state index in [0.717, 1.165) is 31.3 Å². The van der Waals surface area contributed by atoms with E-state index >= 15 is 0 Å². The molecule has 0 aromatic heterocycles. The fourth-order valence-electron chi connectivity index (χ4n) is 4.07. The lowest BCUT2D eigenvalue weighted by Gasteiger charge is -2.36. The van der Waals surface area contributed by atoms with Crippen LogP contribution in [0.2, 0.25) is 0 Å². The first-order valence-electron chi connectivity index (χ1n) is 9.62. The van der Waals surface area contributed by atoms with Gasteiger partial charge in [0.05, 0.1) is 7.11 Å². The molecule has 0 aromatic carbocycles. The van der Waals surface area contributed by atoms with Gasteiger partial charge in [-0.2, -0.15) is 13.2 Å². The number of ether oxygens (including phenoxy) is 1. The van der Waals surface area contributed by atoms with Gasteiger partial charge in [-0.05, 0) is 26.2 Å². The van der Waals surface area contributed by atoms with Crippen molar-refractivity contribution in [3.05, 3.63) is 11.3 Å². The number of rotatable bonds is 6. The van der Waals surface area contributed by atoms with Crippen molar-refractivity contribution in [1.82, 2.24) is 10.2 Å². The molecule has 28 heavy (non-hydrogen) atoms. The summed E-state index contributed by atoms with van der Waals surface area (Å²) in [5.41, 5.74) is -4.35. The van der Waals surface area contributed by atoms with E-state index < -0.39 is 41.1 Å². The lowest BCUT2D eigenvalue weighted by atomic mass is 9.88.